The van der Waals surface area contributed by atoms with Crippen molar-refractivity contribution < 1.29 is 0 Å². The Morgan fingerprint density at radius 3 is 2.30 bits per heavy atom. The van der Waals surface area contributed by atoms with E-state index in [9.17, 15) is 0 Å². The monoisotopic (exact) mass is 302 g/mol. The lowest BCUT2D eigenvalue weighted by Gasteiger charge is -2.36. The summed E-state index contributed by atoms with van der Waals surface area (Å²) in [6, 6.07) is 13.0. The summed E-state index contributed by atoms with van der Waals surface area (Å²) >= 11 is 3.32. The van der Waals surface area contributed by atoms with E-state index in [1.165, 1.54) is 24.1 Å². The maximum absolute atomic E-state index is 4.74. The molecule has 2 atom stereocenters. The van der Waals surface area contributed by atoms with Crippen LogP contribution in [0.1, 0.15) is 35.9 Å². The van der Waals surface area contributed by atoms with Crippen molar-refractivity contribution >= 4 is 23.5 Å². The summed E-state index contributed by atoms with van der Waals surface area (Å²) < 4.78 is 0. The van der Waals surface area contributed by atoms with Gasteiger partial charge in [-0.1, -0.05) is 42.1 Å². The quantitative estimate of drug-likeness (QED) is 0.469. The number of benzene rings is 1. The molecule has 2 unspecified atom stereocenters. The minimum atomic E-state index is 0.553. The zero-order chi connectivity index (χ0) is 13.9. The van der Waals surface area contributed by atoms with Gasteiger partial charge in [0.1, 0.15) is 5.03 Å². The Morgan fingerprint density at radius 2 is 1.70 bits per heavy atom. The molecular weight excluding hydrogens is 284 g/mol. The lowest BCUT2D eigenvalue weighted by atomic mass is 9.68. The predicted molar refractivity (Wildman–Crippen MR) is 86.8 cm³/mol. The first kappa shape index (κ1) is 14.0. The van der Waals surface area contributed by atoms with E-state index in [2.05, 4.69) is 47.6 Å². The van der Waals surface area contributed by atoms with Crippen molar-refractivity contribution in [2.24, 2.45) is 0 Å². The van der Waals surface area contributed by atoms with Crippen LogP contribution in [0.4, 0.5) is 0 Å². The second-order valence-corrected chi connectivity index (χ2v) is 6.62. The lowest BCUT2D eigenvalue weighted by Crippen LogP contribution is -2.23. The molecule has 0 N–H and O–H groups in total. The number of aromatic nitrogens is 2. The third kappa shape index (κ3) is 2.72. The van der Waals surface area contributed by atoms with Crippen LogP contribution in [0.25, 0.3) is 0 Å². The van der Waals surface area contributed by atoms with Crippen LogP contribution in [-0.2, 0) is 0 Å². The van der Waals surface area contributed by atoms with E-state index in [1.807, 2.05) is 6.26 Å². The number of nitrogens with zero attached hydrogens (tertiary/aromatic N) is 2. The van der Waals surface area contributed by atoms with Gasteiger partial charge in [0.15, 0.2) is 5.16 Å². The Balaban J connectivity index is 1.89. The topological polar surface area (TPSA) is 25.8 Å². The van der Waals surface area contributed by atoms with Gasteiger partial charge in [0.05, 0.1) is 0 Å². The second kappa shape index (κ2) is 6.19. The highest BCUT2D eigenvalue weighted by atomic mass is 32.2. The maximum atomic E-state index is 4.74. The van der Waals surface area contributed by atoms with Gasteiger partial charge >= 0.3 is 0 Å². The molecule has 1 aromatic heterocycles. The Labute approximate surface area is 128 Å². The maximum Gasteiger partial charge on any atom is 0.188 e. The molecule has 0 saturated heterocycles. The summed E-state index contributed by atoms with van der Waals surface area (Å²) in [4.78, 5) is 9.26. The largest absolute Gasteiger partial charge is 0.227 e. The Kier molecular flexibility index (Phi) is 4.32. The zero-order valence-corrected chi connectivity index (χ0v) is 13.4. The van der Waals surface area contributed by atoms with Crippen molar-refractivity contribution in [1.82, 2.24) is 9.97 Å². The fourth-order valence-corrected chi connectivity index (χ4v) is 3.62. The van der Waals surface area contributed by atoms with E-state index in [0.717, 1.165) is 10.2 Å². The summed E-state index contributed by atoms with van der Waals surface area (Å²) in [5.41, 5.74) is 2.66. The standard InChI is InChI=1S/C16H18N2S2/c1-19-15-10-14(17-16(18-15)20-2)13-9-8-12(13)11-6-4-3-5-7-11/h3-7,10,12-13H,8-9H2,1-2H3. The van der Waals surface area contributed by atoms with Crippen LogP contribution < -0.4 is 0 Å². The van der Waals surface area contributed by atoms with Crippen LogP contribution in [0.5, 0.6) is 0 Å². The number of thioether (sulfide) groups is 2. The first-order chi connectivity index (χ1) is 9.81. The molecule has 1 aliphatic rings. The van der Waals surface area contributed by atoms with Crippen LogP contribution in [0.2, 0.25) is 0 Å². The lowest BCUT2D eigenvalue weighted by molar-refractivity contribution is 0.337. The molecule has 1 aliphatic carbocycles. The van der Waals surface area contributed by atoms with Crippen LogP contribution in [0.15, 0.2) is 46.6 Å². The molecular formula is C16H18N2S2. The van der Waals surface area contributed by atoms with Gasteiger partial charge in [0.25, 0.3) is 0 Å². The molecule has 0 radical (unpaired) electrons. The molecule has 1 heterocycles. The van der Waals surface area contributed by atoms with E-state index < -0.39 is 0 Å². The molecule has 3 rings (SSSR count). The predicted octanol–water partition coefficient (Wildman–Crippen LogP) is 4.58. The molecule has 20 heavy (non-hydrogen) atoms. The fourth-order valence-electron chi connectivity index (χ4n) is 2.76. The van der Waals surface area contributed by atoms with Gasteiger partial charge < -0.3 is 0 Å². The minimum absolute atomic E-state index is 0.553. The first-order valence-electron chi connectivity index (χ1n) is 6.83. The van der Waals surface area contributed by atoms with Crippen molar-refractivity contribution in [1.29, 1.82) is 0 Å². The van der Waals surface area contributed by atoms with Gasteiger partial charge in [0.2, 0.25) is 0 Å². The van der Waals surface area contributed by atoms with Gasteiger partial charge in [-0.3, -0.25) is 0 Å². The van der Waals surface area contributed by atoms with E-state index in [0.29, 0.717) is 11.8 Å². The van der Waals surface area contributed by atoms with E-state index in [1.54, 1.807) is 23.5 Å². The number of hydrogen-bond donors (Lipinski definition) is 0. The van der Waals surface area contributed by atoms with Gasteiger partial charge in [-0.05, 0) is 42.9 Å². The Hall–Kier alpha value is -1.00. The van der Waals surface area contributed by atoms with Gasteiger partial charge in [0, 0.05) is 11.6 Å². The van der Waals surface area contributed by atoms with Crippen LogP contribution in [0.3, 0.4) is 0 Å². The van der Waals surface area contributed by atoms with Crippen molar-refractivity contribution in [2.75, 3.05) is 12.5 Å². The van der Waals surface area contributed by atoms with Crippen LogP contribution >= 0.6 is 23.5 Å². The third-order valence-electron chi connectivity index (χ3n) is 3.98. The molecule has 4 heteroatoms. The molecule has 0 amide bonds. The molecule has 1 fully saturated rings. The summed E-state index contributed by atoms with van der Waals surface area (Å²) in [7, 11) is 0. The molecule has 0 spiro atoms. The SMILES string of the molecule is CSc1cc(C2CCC2c2ccccc2)nc(SC)n1. The number of hydrogen-bond acceptors (Lipinski definition) is 4. The van der Waals surface area contributed by atoms with Gasteiger partial charge in [-0.25, -0.2) is 9.97 Å². The van der Waals surface area contributed by atoms with E-state index in [-0.39, 0.29) is 0 Å². The zero-order valence-electron chi connectivity index (χ0n) is 11.7. The average molecular weight is 302 g/mol. The summed E-state index contributed by atoms with van der Waals surface area (Å²) in [6.07, 6.45) is 6.62. The van der Waals surface area contributed by atoms with E-state index in [4.69, 9.17) is 4.98 Å². The first-order valence-corrected chi connectivity index (χ1v) is 9.28. The summed E-state index contributed by atoms with van der Waals surface area (Å²) in [6.45, 7) is 0. The molecule has 0 aliphatic heterocycles. The normalized spacial score (nSPS) is 21.5. The fraction of sp³-hybridized carbons (Fsp3) is 0.375. The molecule has 1 saturated carbocycles. The smallest absolute Gasteiger partial charge is 0.188 e. The van der Waals surface area contributed by atoms with Crippen LogP contribution in [-0.4, -0.2) is 22.5 Å². The van der Waals surface area contributed by atoms with Crippen LogP contribution in [0, 0.1) is 0 Å². The van der Waals surface area contributed by atoms with E-state index >= 15 is 0 Å². The van der Waals surface area contributed by atoms with Crippen molar-refractivity contribution in [3.05, 3.63) is 47.7 Å². The second-order valence-electron chi connectivity index (χ2n) is 5.02. The van der Waals surface area contributed by atoms with Crippen molar-refractivity contribution in [3.8, 4) is 0 Å². The summed E-state index contributed by atoms with van der Waals surface area (Å²) in [5, 5.41) is 1.98. The molecule has 2 aromatic rings. The van der Waals surface area contributed by atoms with Gasteiger partial charge in [-0.2, -0.15) is 0 Å². The highest BCUT2D eigenvalue weighted by molar-refractivity contribution is 7.99. The number of rotatable bonds is 4. The van der Waals surface area contributed by atoms with Gasteiger partial charge in [-0.15, -0.1) is 11.8 Å². The third-order valence-corrected chi connectivity index (χ3v) is 5.15. The summed E-state index contributed by atoms with van der Waals surface area (Å²) in [5.74, 6) is 1.17. The minimum Gasteiger partial charge on any atom is -0.227 e. The van der Waals surface area contributed by atoms with Crippen molar-refractivity contribution in [3.63, 3.8) is 0 Å². The highest BCUT2D eigenvalue weighted by Gasteiger charge is 2.34. The Bertz CT molecular complexity index is 564. The molecule has 2 nitrogen and oxygen atoms in total. The Morgan fingerprint density at radius 1 is 0.950 bits per heavy atom. The molecule has 1 aromatic carbocycles. The molecule has 104 valence electrons. The van der Waals surface area contributed by atoms with Crippen molar-refractivity contribution in [2.45, 2.75) is 34.9 Å². The highest BCUT2D eigenvalue weighted by Crippen LogP contribution is 2.48. The molecule has 0 bridgehead atoms. The average Bonchev–Trinajstić information content (AvgIpc) is 2.46.